The van der Waals surface area contributed by atoms with Gasteiger partial charge in [-0.3, -0.25) is 4.79 Å². The van der Waals surface area contributed by atoms with E-state index in [9.17, 15) is 4.79 Å². The summed E-state index contributed by atoms with van der Waals surface area (Å²) in [6.07, 6.45) is 1.64. The van der Waals surface area contributed by atoms with Crippen LogP contribution in [0.4, 0.5) is 5.82 Å². The Bertz CT molecular complexity index is 576. The van der Waals surface area contributed by atoms with Crippen molar-refractivity contribution in [1.82, 2.24) is 4.98 Å². The molecule has 0 spiro atoms. The van der Waals surface area contributed by atoms with Crippen molar-refractivity contribution in [2.24, 2.45) is 0 Å². The summed E-state index contributed by atoms with van der Waals surface area (Å²) in [5, 5.41) is 2.78. The number of nitrogens with one attached hydrogen (secondary N) is 1. The van der Waals surface area contributed by atoms with Crippen LogP contribution in [-0.4, -0.2) is 10.9 Å². The highest BCUT2D eigenvalue weighted by atomic mass is 79.9. The van der Waals surface area contributed by atoms with Gasteiger partial charge in [-0.2, -0.15) is 0 Å². The SMILES string of the molecule is Cc1cc(C)cc(C(=O)Nc2ncccc2Br)c1. The van der Waals surface area contributed by atoms with E-state index in [1.807, 2.05) is 38.1 Å². The van der Waals surface area contributed by atoms with Crippen LogP contribution in [0.15, 0.2) is 41.0 Å². The molecule has 0 atom stereocenters. The largest absolute Gasteiger partial charge is 0.306 e. The maximum atomic E-state index is 12.1. The third-order valence-electron chi connectivity index (χ3n) is 2.47. The summed E-state index contributed by atoms with van der Waals surface area (Å²) >= 11 is 3.35. The van der Waals surface area contributed by atoms with E-state index < -0.39 is 0 Å². The van der Waals surface area contributed by atoms with Gasteiger partial charge < -0.3 is 5.32 Å². The maximum Gasteiger partial charge on any atom is 0.256 e. The number of rotatable bonds is 2. The fourth-order valence-electron chi connectivity index (χ4n) is 1.76. The quantitative estimate of drug-likeness (QED) is 0.919. The Hall–Kier alpha value is -1.68. The first-order chi connectivity index (χ1) is 8.56. The van der Waals surface area contributed by atoms with E-state index in [2.05, 4.69) is 26.2 Å². The van der Waals surface area contributed by atoms with E-state index in [-0.39, 0.29) is 5.91 Å². The van der Waals surface area contributed by atoms with Crippen LogP contribution in [0.2, 0.25) is 0 Å². The number of carbonyl (C=O) groups excluding carboxylic acids is 1. The van der Waals surface area contributed by atoms with Crippen LogP contribution in [0.3, 0.4) is 0 Å². The van der Waals surface area contributed by atoms with E-state index in [0.717, 1.165) is 15.6 Å². The smallest absolute Gasteiger partial charge is 0.256 e. The lowest BCUT2D eigenvalue weighted by atomic mass is 10.1. The molecule has 1 aromatic carbocycles. The zero-order valence-electron chi connectivity index (χ0n) is 10.2. The van der Waals surface area contributed by atoms with E-state index in [1.54, 1.807) is 12.3 Å². The molecule has 92 valence electrons. The molecule has 0 saturated heterocycles. The number of hydrogen-bond donors (Lipinski definition) is 1. The molecule has 4 heteroatoms. The summed E-state index contributed by atoms with van der Waals surface area (Å²) in [7, 11) is 0. The normalized spacial score (nSPS) is 10.2. The van der Waals surface area contributed by atoms with E-state index in [0.29, 0.717) is 11.4 Å². The number of aromatic nitrogens is 1. The van der Waals surface area contributed by atoms with Crippen molar-refractivity contribution in [3.8, 4) is 0 Å². The van der Waals surface area contributed by atoms with Crippen LogP contribution in [0.25, 0.3) is 0 Å². The second kappa shape index (κ2) is 5.31. The third-order valence-corrected chi connectivity index (χ3v) is 3.11. The number of anilines is 1. The van der Waals surface area contributed by atoms with E-state index >= 15 is 0 Å². The highest BCUT2D eigenvalue weighted by molar-refractivity contribution is 9.10. The highest BCUT2D eigenvalue weighted by Crippen LogP contribution is 2.19. The van der Waals surface area contributed by atoms with Crippen LogP contribution < -0.4 is 5.32 Å². The molecule has 0 fully saturated rings. The molecule has 1 N–H and O–H groups in total. The number of aryl methyl sites for hydroxylation is 2. The molecule has 2 rings (SSSR count). The van der Waals surface area contributed by atoms with Gasteiger partial charge in [0, 0.05) is 11.8 Å². The predicted octanol–water partition coefficient (Wildman–Crippen LogP) is 3.71. The van der Waals surface area contributed by atoms with Crippen molar-refractivity contribution in [2.45, 2.75) is 13.8 Å². The summed E-state index contributed by atoms with van der Waals surface area (Å²) in [6.45, 7) is 3.95. The Morgan fingerprint density at radius 1 is 1.22 bits per heavy atom. The number of benzene rings is 1. The van der Waals surface area contributed by atoms with Gasteiger partial charge in [0.2, 0.25) is 0 Å². The highest BCUT2D eigenvalue weighted by Gasteiger charge is 2.09. The lowest BCUT2D eigenvalue weighted by Crippen LogP contribution is -2.13. The van der Waals surface area contributed by atoms with Crippen molar-refractivity contribution >= 4 is 27.7 Å². The van der Waals surface area contributed by atoms with Crippen molar-refractivity contribution < 1.29 is 4.79 Å². The number of hydrogen-bond acceptors (Lipinski definition) is 2. The van der Waals surface area contributed by atoms with Gasteiger partial charge in [0.15, 0.2) is 0 Å². The summed E-state index contributed by atoms with van der Waals surface area (Å²) in [5.41, 5.74) is 2.78. The second-order valence-corrected chi connectivity index (χ2v) is 5.02. The number of carbonyl (C=O) groups is 1. The van der Waals surface area contributed by atoms with Crippen LogP contribution >= 0.6 is 15.9 Å². The van der Waals surface area contributed by atoms with Gasteiger partial charge >= 0.3 is 0 Å². The topological polar surface area (TPSA) is 42.0 Å². The molecule has 1 amide bonds. The van der Waals surface area contributed by atoms with Crippen LogP contribution in [0.5, 0.6) is 0 Å². The Balaban J connectivity index is 2.25. The van der Waals surface area contributed by atoms with Gasteiger partial charge in [-0.15, -0.1) is 0 Å². The van der Waals surface area contributed by atoms with Crippen molar-refractivity contribution in [1.29, 1.82) is 0 Å². The van der Waals surface area contributed by atoms with Gasteiger partial charge in [-0.05, 0) is 54.0 Å². The minimum atomic E-state index is -0.152. The van der Waals surface area contributed by atoms with E-state index in [1.165, 1.54) is 0 Å². The van der Waals surface area contributed by atoms with Crippen molar-refractivity contribution in [3.05, 3.63) is 57.7 Å². The number of nitrogens with zero attached hydrogens (tertiary/aromatic N) is 1. The fraction of sp³-hybridized carbons (Fsp3) is 0.143. The second-order valence-electron chi connectivity index (χ2n) is 4.16. The minimum Gasteiger partial charge on any atom is -0.306 e. The molecule has 2 aromatic rings. The van der Waals surface area contributed by atoms with Gasteiger partial charge in [-0.25, -0.2) is 4.98 Å². The molecule has 3 nitrogen and oxygen atoms in total. The first-order valence-corrected chi connectivity index (χ1v) is 6.36. The molecule has 0 aliphatic carbocycles. The zero-order chi connectivity index (χ0) is 13.1. The Morgan fingerprint density at radius 2 is 1.89 bits per heavy atom. The predicted molar refractivity (Wildman–Crippen MR) is 75.8 cm³/mol. The van der Waals surface area contributed by atoms with Crippen LogP contribution in [0, 0.1) is 13.8 Å². The molecule has 18 heavy (non-hydrogen) atoms. The van der Waals surface area contributed by atoms with Crippen molar-refractivity contribution in [3.63, 3.8) is 0 Å². The minimum absolute atomic E-state index is 0.152. The maximum absolute atomic E-state index is 12.1. The molecule has 0 aliphatic rings. The molecule has 0 unspecified atom stereocenters. The standard InChI is InChI=1S/C14H13BrN2O/c1-9-6-10(2)8-11(7-9)14(18)17-13-12(15)4-3-5-16-13/h3-8H,1-2H3,(H,16,17,18). The fourth-order valence-corrected chi connectivity index (χ4v) is 2.12. The third kappa shape index (κ3) is 2.96. The lowest BCUT2D eigenvalue weighted by molar-refractivity contribution is 0.102. The molecule has 1 aromatic heterocycles. The number of pyridine rings is 1. The lowest BCUT2D eigenvalue weighted by Gasteiger charge is -2.07. The van der Waals surface area contributed by atoms with Gasteiger partial charge in [0.25, 0.3) is 5.91 Å². The van der Waals surface area contributed by atoms with Gasteiger partial charge in [-0.1, -0.05) is 17.2 Å². The van der Waals surface area contributed by atoms with Crippen LogP contribution in [-0.2, 0) is 0 Å². The summed E-state index contributed by atoms with van der Waals surface area (Å²) in [5.74, 6) is 0.378. The first-order valence-electron chi connectivity index (χ1n) is 5.56. The van der Waals surface area contributed by atoms with Crippen LogP contribution in [0.1, 0.15) is 21.5 Å². The number of amides is 1. The molecule has 0 saturated carbocycles. The van der Waals surface area contributed by atoms with Gasteiger partial charge in [0.05, 0.1) is 4.47 Å². The average molecular weight is 305 g/mol. The first kappa shape index (κ1) is 12.8. The average Bonchev–Trinajstić information content (AvgIpc) is 2.31. The molecule has 0 radical (unpaired) electrons. The van der Waals surface area contributed by atoms with Crippen molar-refractivity contribution in [2.75, 3.05) is 5.32 Å². The molecular weight excluding hydrogens is 292 g/mol. The Labute approximate surface area is 114 Å². The zero-order valence-corrected chi connectivity index (χ0v) is 11.8. The molecular formula is C14H13BrN2O. The van der Waals surface area contributed by atoms with Gasteiger partial charge in [0.1, 0.15) is 5.82 Å². The van der Waals surface area contributed by atoms with E-state index in [4.69, 9.17) is 0 Å². The summed E-state index contributed by atoms with van der Waals surface area (Å²) in [4.78, 5) is 16.2. The molecule has 0 aliphatic heterocycles. The molecule has 0 bridgehead atoms. The summed E-state index contributed by atoms with van der Waals surface area (Å²) in [6, 6.07) is 9.40. The Morgan fingerprint density at radius 3 is 2.50 bits per heavy atom. The molecule has 1 heterocycles. The summed E-state index contributed by atoms with van der Waals surface area (Å²) < 4.78 is 0.766. The number of halogens is 1. The Kier molecular flexibility index (Phi) is 3.77. The monoisotopic (exact) mass is 304 g/mol.